The van der Waals surface area contributed by atoms with Gasteiger partial charge in [0.1, 0.15) is 0 Å². The third kappa shape index (κ3) is 1.62. The molecular weight excluding hydrogens is 200 g/mol. The molecule has 1 aliphatic rings. The van der Waals surface area contributed by atoms with E-state index in [-0.39, 0.29) is 12.1 Å². The topological polar surface area (TPSA) is 48.0 Å². The molecule has 0 saturated carbocycles. The van der Waals surface area contributed by atoms with Gasteiger partial charge in [-0.05, 0) is 48.5 Å². The summed E-state index contributed by atoms with van der Waals surface area (Å²) in [6.07, 6.45) is 3.64. The molecule has 2 unspecified atom stereocenters. The van der Waals surface area contributed by atoms with E-state index >= 15 is 0 Å². The Hall–Kier alpha value is -1.32. The molecule has 0 aliphatic carbocycles. The van der Waals surface area contributed by atoms with E-state index in [4.69, 9.17) is 0 Å². The van der Waals surface area contributed by atoms with Crippen molar-refractivity contribution in [3.8, 4) is 0 Å². The zero-order valence-electron chi connectivity index (χ0n) is 9.11. The third-order valence-electron chi connectivity index (χ3n) is 3.36. The zero-order chi connectivity index (χ0) is 11.0. The molecule has 3 rings (SSSR count). The van der Waals surface area contributed by atoms with Crippen LogP contribution in [0.15, 0.2) is 30.5 Å². The SMILES string of the molecule is OC1CCCNC1c1ccc2[nH]ccc2c1. The molecular formula is C13H16N2O. The molecule has 0 bridgehead atoms. The van der Waals surface area contributed by atoms with Crippen LogP contribution in [0.1, 0.15) is 24.4 Å². The molecule has 3 heteroatoms. The Labute approximate surface area is 94.5 Å². The average Bonchev–Trinajstić information content (AvgIpc) is 2.76. The van der Waals surface area contributed by atoms with Gasteiger partial charge in [0.05, 0.1) is 12.1 Å². The van der Waals surface area contributed by atoms with Crippen molar-refractivity contribution in [2.75, 3.05) is 6.54 Å². The molecule has 1 aromatic carbocycles. The lowest BCUT2D eigenvalue weighted by molar-refractivity contribution is 0.0966. The Kier molecular flexibility index (Phi) is 2.42. The first-order valence-corrected chi connectivity index (χ1v) is 5.83. The van der Waals surface area contributed by atoms with Crippen LogP contribution < -0.4 is 5.32 Å². The fraction of sp³-hybridized carbons (Fsp3) is 0.385. The van der Waals surface area contributed by atoms with Crippen LogP contribution in [0, 0.1) is 0 Å². The number of benzene rings is 1. The van der Waals surface area contributed by atoms with Gasteiger partial charge in [0, 0.05) is 11.7 Å². The van der Waals surface area contributed by atoms with Crippen LogP contribution in [0.2, 0.25) is 0 Å². The lowest BCUT2D eigenvalue weighted by Crippen LogP contribution is -2.37. The lowest BCUT2D eigenvalue weighted by atomic mass is 9.94. The normalized spacial score (nSPS) is 26.1. The molecule has 0 radical (unpaired) electrons. The second-order valence-corrected chi connectivity index (χ2v) is 4.47. The Bertz CT molecular complexity index is 491. The van der Waals surface area contributed by atoms with Crippen LogP contribution >= 0.6 is 0 Å². The van der Waals surface area contributed by atoms with Gasteiger partial charge in [-0.1, -0.05) is 6.07 Å². The van der Waals surface area contributed by atoms with Gasteiger partial charge in [-0.15, -0.1) is 0 Å². The van der Waals surface area contributed by atoms with E-state index in [1.807, 2.05) is 6.20 Å². The van der Waals surface area contributed by atoms with Gasteiger partial charge < -0.3 is 15.4 Å². The first kappa shape index (κ1) is 9.87. The van der Waals surface area contributed by atoms with Gasteiger partial charge in [0.2, 0.25) is 0 Å². The second kappa shape index (κ2) is 3.92. The van der Waals surface area contributed by atoms with Crippen molar-refractivity contribution < 1.29 is 5.11 Å². The minimum Gasteiger partial charge on any atom is -0.391 e. The second-order valence-electron chi connectivity index (χ2n) is 4.47. The predicted octanol–water partition coefficient (Wildman–Crippen LogP) is 1.95. The maximum atomic E-state index is 9.97. The molecule has 2 heterocycles. The predicted molar refractivity (Wildman–Crippen MR) is 64.3 cm³/mol. The largest absolute Gasteiger partial charge is 0.391 e. The molecule has 2 atom stereocenters. The first-order valence-electron chi connectivity index (χ1n) is 5.83. The first-order chi connectivity index (χ1) is 7.84. The summed E-state index contributed by atoms with van der Waals surface area (Å²) in [5.41, 5.74) is 2.33. The van der Waals surface area contributed by atoms with Gasteiger partial charge in [-0.3, -0.25) is 0 Å². The molecule has 1 aliphatic heterocycles. The lowest BCUT2D eigenvalue weighted by Gasteiger charge is -2.29. The minimum atomic E-state index is -0.259. The van der Waals surface area contributed by atoms with E-state index in [9.17, 15) is 5.11 Å². The monoisotopic (exact) mass is 216 g/mol. The van der Waals surface area contributed by atoms with E-state index in [1.165, 1.54) is 10.9 Å². The summed E-state index contributed by atoms with van der Waals surface area (Å²) in [5, 5.41) is 14.6. The van der Waals surface area contributed by atoms with Gasteiger partial charge in [0.25, 0.3) is 0 Å². The van der Waals surface area contributed by atoms with Crippen LogP contribution in [0.3, 0.4) is 0 Å². The van der Waals surface area contributed by atoms with Crippen molar-refractivity contribution in [1.29, 1.82) is 0 Å². The number of fused-ring (bicyclic) bond motifs is 1. The Balaban J connectivity index is 1.97. The molecule has 0 spiro atoms. The summed E-state index contributed by atoms with van der Waals surface area (Å²) in [7, 11) is 0. The number of hydrogen-bond donors (Lipinski definition) is 3. The van der Waals surface area contributed by atoms with Crippen molar-refractivity contribution in [3.63, 3.8) is 0 Å². The molecule has 16 heavy (non-hydrogen) atoms. The number of aliphatic hydroxyl groups is 1. The highest BCUT2D eigenvalue weighted by atomic mass is 16.3. The van der Waals surface area contributed by atoms with Crippen molar-refractivity contribution in [1.82, 2.24) is 10.3 Å². The molecule has 0 amide bonds. The minimum absolute atomic E-state index is 0.0908. The van der Waals surface area contributed by atoms with E-state index in [2.05, 4.69) is 34.6 Å². The number of hydrogen-bond acceptors (Lipinski definition) is 2. The molecule has 1 saturated heterocycles. The summed E-state index contributed by atoms with van der Waals surface area (Å²) < 4.78 is 0. The van der Waals surface area contributed by atoms with Gasteiger partial charge in [0.15, 0.2) is 0 Å². The van der Waals surface area contributed by atoms with E-state index < -0.39 is 0 Å². The van der Waals surface area contributed by atoms with Crippen molar-refractivity contribution in [2.45, 2.75) is 25.0 Å². The number of piperidine rings is 1. The molecule has 84 valence electrons. The Morgan fingerprint density at radius 3 is 3.06 bits per heavy atom. The van der Waals surface area contributed by atoms with Gasteiger partial charge in [-0.25, -0.2) is 0 Å². The maximum Gasteiger partial charge on any atom is 0.0735 e. The number of aromatic amines is 1. The molecule has 1 fully saturated rings. The molecule has 3 nitrogen and oxygen atoms in total. The summed E-state index contributed by atoms with van der Waals surface area (Å²) in [6.45, 7) is 0.993. The summed E-state index contributed by atoms with van der Waals surface area (Å²) in [5.74, 6) is 0. The van der Waals surface area contributed by atoms with Crippen LogP contribution in [-0.4, -0.2) is 22.7 Å². The Morgan fingerprint density at radius 2 is 2.19 bits per heavy atom. The standard InChI is InChI=1S/C13H16N2O/c16-12-2-1-6-15-13(12)10-3-4-11-9(8-10)5-7-14-11/h3-5,7-8,12-16H,1-2,6H2. The molecule has 3 N–H and O–H groups in total. The summed E-state index contributed by atoms with van der Waals surface area (Å²) in [6, 6.07) is 8.47. The van der Waals surface area contributed by atoms with Crippen LogP contribution in [0.5, 0.6) is 0 Å². The van der Waals surface area contributed by atoms with Crippen molar-refractivity contribution in [3.05, 3.63) is 36.0 Å². The summed E-state index contributed by atoms with van der Waals surface area (Å²) >= 11 is 0. The summed E-state index contributed by atoms with van der Waals surface area (Å²) in [4.78, 5) is 3.18. The van der Waals surface area contributed by atoms with Crippen molar-refractivity contribution >= 4 is 10.9 Å². The molecule has 1 aromatic heterocycles. The number of rotatable bonds is 1. The van der Waals surface area contributed by atoms with Crippen LogP contribution in [0.25, 0.3) is 10.9 Å². The van der Waals surface area contributed by atoms with Crippen molar-refractivity contribution in [2.24, 2.45) is 0 Å². The highest BCUT2D eigenvalue weighted by Gasteiger charge is 2.23. The number of H-pyrrole nitrogens is 1. The Morgan fingerprint density at radius 1 is 1.25 bits per heavy atom. The van der Waals surface area contributed by atoms with E-state index in [1.54, 1.807) is 0 Å². The van der Waals surface area contributed by atoms with E-state index in [0.29, 0.717) is 0 Å². The zero-order valence-corrected chi connectivity index (χ0v) is 9.11. The molecule has 2 aromatic rings. The van der Waals surface area contributed by atoms with Crippen LogP contribution in [0.4, 0.5) is 0 Å². The quantitative estimate of drug-likeness (QED) is 0.682. The third-order valence-corrected chi connectivity index (χ3v) is 3.36. The fourth-order valence-corrected chi connectivity index (χ4v) is 2.48. The van der Waals surface area contributed by atoms with E-state index in [0.717, 1.165) is 24.9 Å². The maximum absolute atomic E-state index is 9.97. The van der Waals surface area contributed by atoms with Gasteiger partial charge >= 0.3 is 0 Å². The number of aromatic nitrogens is 1. The smallest absolute Gasteiger partial charge is 0.0735 e. The number of aliphatic hydroxyl groups excluding tert-OH is 1. The van der Waals surface area contributed by atoms with Gasteiger partial charge in [-0.2, -0.15) is 0 Å². The fourth-order valence-electron chi connectivity index (χ4n) is 2.48. The average molecular weight is 216 g/mol. The van der Waals surface area contributed by atoms with Crippen LogP contribution in [-0.2, 0) is 0 Å². The number of nitrogens with one attached hydrogen (secondary N) is 2. The highest BCUT2D eigenvalue weighted by Crippen LogP contribution is 2.26. The highest BCUT2D eigenvalue weighted by molar-refractivity contribution is 5.80.